The zero-order valence-corrected chi connectivity index (χ0v) is 7.45. The Morgan fingerprint density at radius 3 is 1.90 bits per heavy atom. The van der Waals surface area contributed by atoms with Gasteiger partial charge in [0.15, 0.2) is 0 Å². The summed E-state index contributed by atoms with van der Waals surface area (Å²) in [5, 5.41) is 8.20. The first-order chi connectivity index (χ1) is 4.65. The maximum atomic E-state index is 8.98. The fourth-order valence-corrected chi connectivity index (χ4v) is 0.362. The lowest BCUT2D eigenvalue weighted by atomic mass is 10.3. The standard InChI is InChI=1S/C5H12O.CCl2O/c1-2-3-4-5-6;2-1(3)4/h6H,2-5H2,1H3;. The minimum Gasteiger partial charge on any atom is -0.396 e. The normalized spacial score (nSPS) is 8.00. The molecule has 0 aliphatic rings. The number of carbonyl (C=O) groups is 1. The van der Waals surface area contributed by atoms with Crippen LogP contribution in [0.25, 0.3) is 0 Å². The topological polar surface area (TPSA) is 37.3 Å². The molecular formula is C6H12Cl2O2. The predicted octanol–water partition coefficient (Wildman–Crippen LogP) is 2.75. The second-order valence-electron chi connectivity index (χ2n) is 1.66. The Bertz CT molecular complexity index is 68.1. The van der Waals surface area contributed by atoms with E-state index in [0.29, 0.717) is 6.61 Å². The minimum atomic E-state index is -0.889. The van der Waals surface area contributed by atoms with Gasteiger partial charge in [-0.1, -0.05) is 19.8 Å². The number of rotatable bonds is 3. The molecule has 0 radical (unpaired) electrons. The quantitative estimate of drug-likeness (QED) is 0.544. The maximum Gasteiger partial charge on any atom is 0.313 e. The summed E-state index contributed by atoms with van der Waals surface area (Å²) in [5.74, 6) is 0. The molecule has 0 aromatic carbocycles. The fourth-order valence-electron chi connectivity index (χ4n) is 0.362. The number of hydrogen-bond acceptors (Lipinski definition) is 2. The van der Waals surface area contributed by atoms with E-state index in [1.54, 1.807) is 0 Å². The van der Waals surface area contributed by atoms with E-state index in [1.807, 2.05) is 0 Å². The van der Waals surface area contributed by atoms with Gasteiger partial charge >= 0.3 is 4.70 Å². The Morgan fingerprint density at radius 1 is 1.40 bits per heavy atom. The summed E-state index contributed by atoms with van der Waals surface area (Å²) >= 11 is 8.80. The van der Waals surface area contributed by atoms with Crippen LogP contribution in [0.5, 0.6) is 0 Å². The van der Waals surface area contributed by atoms with Crippen molar-refractivity contribution >= 4 is 27.9 Å². The van der Waals surface area contributed by atoms with E-state index in [2.05, 4.69) is 30.1 Å². The van der Waals surface area contributed by atoms with Crippen molar-refractivity contribution in [2.45, 2.75) is 26.2 Å². The van der Waals surface area contributed by atoms with Crippen molar-refractivity contribution in [3.05, 3.63) is 0 Å². The highest BCUT2D eigenvalue weighted by Crippen LogP contribution is 1.89. The number of unbranched alkanes of at least 4 members (excludes halogenated alkanes) is 2. The molecule has 2 nitrogen and oxygen atoms in total. The van der Waals surface area contributed by atoms with Crippen LogP contribution in [-0.2, 0) is 0 Å². The lowest BCUT2D eigenvalue weighted by molar-refractivity contribution is 0.275. The molecule has 0 saturated heterocycles. The van der Waals surface area contributed by atoms with Gasteiger partial charge < -0.3 is 5.11 Å². The van der Waals surface area contributed by atoms with Crippen LogP contribution in [0.3, 0.4) is 0 Å². The molecule has 62 valence electrons. The molecule has 0 heterocycles. The van der Waals surface area contributed by atoms with Crippen LogP contribution in [0.2, 0.25) is 0 Å². The molecule has 10 heavy (non-hydrogen) atoms. The average molecular weight is 187 g/mol. The van der Waals surface area contributed by atoms with Gasteiger partial charge in [-0.05, 0) is 29.6 Å². The molecule has 0 saturated carbocycles. The van der Waals surface area contributed by atoms with E-state index < -0.39 is 4.70 Å². The van der Waals surface area contributed by atoms with Gasteiger partial charge in [-0.2, -0.15) is 0 Å². The summed E-state index contributed by atoms with van der Waals surface area (Å²) in [7, 11) is 0. The van der Waals surface area contributed by atoms with Gasteiger partial charge in [0.2, 0.25) is 0 Å². The summed E-state index contributed by atoms with van der Waals surface area (Å²) in [5.41, 5.74) is 0. The molecule has 0 aromatic heterocycles. The third kappa shape index (κ3) is 41.4. The predicted molar refractivity (Wildman–Crippen MR) is 43.7 cm³/mol. The molecule has 0 aliphatic heterocycles. The molecule has 4 heteroatoms. The second kappa shape index (κ2) is 11.9. The Hall–Kier alpha value is 0.210. The largest absolute Gasteiger partial charge is 0.396 e. The van der Waals surface area contributed by atoms with Crippen LogP contribution in [0, 0.1) is 0 Å². The lowest BCUT2D eigenvalue weighted by Gasteiger charge is -1.85. The first-order valence-corrected chi connectivity index (χ1v) is 3.86. The molecule has 0 spiro atoms. The fraction of sp³-hybridized carbons (Fsp3) is 0.833. The Kier molecular flexibility index (Phi) is 15.3. The molecule has 0 aliphatic carbocycles. The van der Waals surface area contributed by atoms with Crippen molar-refractivity contribution in [3.8, 4) is 0 Å². The molecule has 0 atom stereocenters. The van der Waals surface area contributed by atoms with Gasteiger partial charge in [0.1, 0.15) is 0 Å². The number of aliphatic hydroxyl groups excluding tert-OH is 1. The summed E-state index contributed by atoms with van der Waals surface area (Å²) in [6.07, 6.45) is 3.33. The van der Waals surface area contributed by atoms with Gasteiger partial charge in [-0.15, -0.1) is 0 Å². The molecular weight excluding hydrogens is 175 g/mol. The van der Waals surface area contributed by atoms with E-state index in [9.17, 15) is 0 Å². The molecule has 0 unspecified atom stereocenters. The van der Waals surface area contributed by atoms with Crippen molar-refractivity contribution in [2.75, 3.05) is 6.61 Å². The summed E-state index contributed by atoms with van der Waals surface area (Å²) in [6, 6.07) is 0. The van der Waals surface area contributed by atoms with Crippen molar-refractivity contribution in [1.29, 1.82) is 0 Å². The van der Waals surface area contributed by atoms with Crippen molar-refractivity contribution in [3.63, 3.8) is 0 Å². The number of hydrogen-bond donors (Lipinski definition) is 1. The highest BCUT2D eigenvalue weighted by Gasteiger charge is 1.76. The summed E-state index contributed by atoms with van der Waals surface area (Å²) < 4.78 is -0.889. The van der Waals surface area contributed by atoms with Gasteiger partial charge in [0.25, 0.3) is 0 Å². The van der Waals surface area contributed by atoms with Gasteiger partial charge in [-0.25, -0.2) is 0 Å². The van der Waals surface area contributed by atoms with E-state index in [1.165, 1.54) is 6.42 Å². The number of halogens is 2. The van der Waals surface area contributed by atoms with Crippen LogP contribution < -0.4 is 0 Å². The molecule has 1 N–H and O–H groups in total. The molecule has 0 bridgehead atoms. The van der Waals surface area contributed by atoms with Crippen LogP contribution in [-0.4, -0.2) is 16.4 Å². The van der Waals surface area contributed by atoms with Crippen LogP contribution in [0.1, 0.15) is 26.2 Å². The second-order valence-corrected chi connectivity index (χ2v) is 2.54. The Balaban J connectivity index is 0. The molecule has 0 aromatic rings. The summed E-state index contributed by atoms with van der Waals surface area (Å²) in [6.45, 7) is 2.48. The van der Waals surface area contributed by atoms with Crippen molar-refractivity contribution in [2.24, 2.45) is 0 Å². The van der Waals surface area contributed by atoms with E-state index in [0.717, 1.165) is 12.8 Å². The zero-order valence-electron chi connectivity index (χ0n) is 5.94. The summed E-state index contributed by atoms with van der Waals surface area (Å²) in [4.78, 5) is 8.98. The van der Waals surface area contributed by atoms with Crippen LogP contribution in [0.4, 0.5) is 4.79 Å². The highest BCUT2D eigenvalue weighted by atomic mass is 35.5. The number of carbonyl (C=O) groups excluding carboxylic acids is 1. The molecule has 0 rings (SSSR count). The Labute approximate surface area is 71.1 Å². The van der Waals surface area contributed by atoms with Gasteiger partial charge in [-0.3, -0.25) is 4.79 Å². The van der Waals surface area contributed by atoms with Crippen molar-refractivity contribution < 1.29 is 9.90 Å². The monoisotopic (exact) mass is 186 g/mol. The highest BCUT2D eigenvalue weighted by molar-refractivity contribution is 6.93. The molecule has 0 fully saturated rings. The van der Waals surface area contributed by atoms with Gasteiger partial charge in [0.05, 0.1) is 0 Å². The minimum absolute atomic E-state index is 0.355. The molecule has 0 amide bonds. The van der Waals surface area contributed by atoms with E-state index >= 15 is 0 Å². The zero-order chi connectivity index (χ0) is 8.41. The maximum absolute atomic E-state index is 8.98. The first-order valence-electron chi connectivity index (χ1n) is 3.11. The number of aliphatic hydroxyl groups is 1. The van der Waals surface area contributed by atoms with Crippen molar-refractivity contribution in [1.82, 2.24) is 0 Å². The smallest absolute Gasteiger partial charge is 0.313 e. The average Bonchev–Trinajstić information content (AvgIpc) is 1.82. The van der Waals surface area contributed by atoms with E-state index in [-0.39, 0.29) is 0 Å². The van der Waals surface area contributed by atoms with Gasteiger partial charge in [0, 0.05) is 6.61 Å². The van der Waals surface area contributed by atoms with Crippen LogP contribution >= 0.6 is 23.2 Å². The lowest BCUT2D eigenvalue weighted by Crippen LogP contribution is -1.78. The third-order valence-electron chi connectivity index (χ3n) is 0.762. The first kappa shape index (κ1) is 12.8. The van der Waals surface area contributed by atoms with E-state index in [4.69, 9.17) is 9.90 Å². The van der Waals surface area contributed by atoms with Crippen LogP contribution in [0.15, 0.2) is 0 Å². The third-order valence-corrected chi connectivity index (χ3v) is 0.762. The SMILES string of the molecule is CCCCCO.O=C(Cl)Cl. The Morgan fingerprint density at radius 2 is 1.80 bits per heavy atom.